The van der Waals surface area contributed by atoms with Crippen molar-refractivity contribution in [3.05, 3.63) is 60.2 Å². The van der Waals surface area contributed by atoms with Crippen LogP contribution in [0.15, 0.2) is 57.6 Å². The molecule has 0 amide bonds. The molecule has 102 valence electrons. The molecule has 3 rings (SSSR count). The Kier molecular flexibility index (Phi) is 3.54. The Balaban J connectivity index is 1.52. The summed E-state index contributed by atoms with van der Waals surface area (Å²) in [5.74, 6) is 1.17. The molecule has 0 fully saturated rings. The van der Waals surface area contributed by atoms with Crippen LogP contribution in [-0.4, -0.2) is 5.97 Å². The number of para-hydroxylation sites is 1. The molecule has 2 heterocycles. The Morgan fingerprint density at radius 2 is 2.00 bits per heavy atom. The predicted octanol–water partition coefficient (Wildman–Crippen LogP) is 3.70. The number of ether oxygens (including phenoxy) is 1. The largest absolute Gasteiger partial charge is 0.469 e. The number of carbonyl (C=O) groups is 1. The molecule has 4 nitrogen and oxygen atoms in total. The SMILES string of the molecule is O=C(CCc1ccco1)OCc1cc2ccccc2o1. The van der Waals surface area contributed by atoms with E-state index in [0.29, 0.717) is 18.6 Å². The van der Waals surface area contributed by atoms with Gasteiger partial charge in [-0.05, 0) is 24.3 Å². The van der Waals surface area contributed by atoms with E-state index in [2.05, 4.69) is 0 Å². The molecule has 0 N–H and O–H groups in total. The summed E-state index contributed by atoms with van der Waals surface area (Å²) in [5, 5.41) is 1.01. The number of rotatable bonds is 5. The Bertz CT molecular complexity index is 661. The van der Waals surface area contributed by atoms with E-state index < -0.39 is 0 Å². The lowest BCUT2D eigenvalue weighted by atomic mass is 10.2. The van der Waals surface area contributed by atoms with Gasteiger partial charge in [0.1, 0.15) is 23.7 Å². The molecule has 0 bridgehead atoms. The lowest BCUT2D eigenvalue weighted by Gasteiger charge is -2.01. The fraction of sp³-hybridized carbons (Fsp3) is 0.188. The van der Waals surface area contributed by atoms with Crippen LogP contribution < -0.4 is 0 Å². The van der Waals surface area contributed by atoms with Crippen LogP contribution in [0.5, 0.6) is 0 Å². The summed E-state index contributed by atoms with van der Waals surface area (Å²) < 4.78 is 15.9. The Labute approximate surface area is 115 Å². The summed E-state index contributed by atoms with van der Waals surface area (Å²) in [5.41, 5.74) is 0.800. The van der Waals surface area contributed by atoms with E-state index in [-0.39, 0.29) is 12.6 Å². The van der Waals surface area contributed by atoms with Crippen LogP contribution in [0.2, 0.25) is 0 Å². The maximum Gasteiger partial charge on any atom is 0.306 e. The van der Waals surface area contributed by atoms with Crippen LogP contribution >= 0.6 is 0 Å². The average Bonchev–Trinajstić information content (AvgIpc) is 3.11. The zero-order valence-corrected chi connectivity index (χ0v) is 10.9. The van der Waals surface area contributed by atoms with Crippen molar-refractivity contribution < 1.29 is 18.4 Å². The van der Waals surface area contributed by atoms with Gasteiger partial charge in [-0.2, -0.15) is 0 Å². The summed E-state index contributed by atoms with van der Waals surface area (Å²) in [6.07, 6.45) is 2.44. The van der Waals surface area contributed by atoms with Crippen LogP contribution in [0, 0.1) is 0 Å². The highest BCUT2D eigenvalue weighted by Crippen LogP contribution is 2.19. The van der Waals surface area contributed by atoms with E-state index >= 15 is 0 Å². The van der Waals surface area contributed by atoms with Gasteiger partial charge in [-0.1, -0.05) is 18.2 Å². The number of benzene rings is 1. The number of fused-ring (bicyclic) bond motifs is 1. The van der Waals surface area contributed by atoms with Gasteiger partial charge >= 0.3 is 5.97 Å². The first-order valence-corrected chi connectivity index (χ1v) is 6.47. The van der Waals surface area contributed by atoms with Crippen molar-refractivity contribution in [2.45, 2.75) is 19.4 Å². The van der Waals surface area contributed by atoms with Crippen LogP contribution in [-0.2, 0) is 22.6 Å². The number of furan rings is 2. The van der Waals surface area contributed by atoms with E-state index in [0.717, 1.165) is 16.7 Å². The van der Waals surface area contributed by atoms with E-state index in [1.807, 2.05) is 36.4 Å². The Hall–Kier alpha value is -2.49. The molecule has 0 unspecified atom stereocenters. The molecule has 2 aromatic heterocycles. The maximum absolute atomic E-state index is 11.6. The first-order valence-electron chi connectivity index (χ1n) is 6.47. The van der Waals surface area contributed by atoms with Gasteiger partial charge < -0.3 is 13.6 Å². The molecule has 0 aliphatic carbocycles. The highest BCUT2D eigenvalue weighted by molar-refractivity contribution is 5.77. The van der Waals surface area contributed by atoms with Crippen molar-refractivity contribution in [2.24, 2.45) is 0 Å². The third kappa shape index (κ3) is 2.91. The summed E-state index contributed by atoms with van der Waals surface area (Å²) >= 11 is 0. The second-order valence-corrected chi connectivity index (χ2v) is 4.49. The van der Waals surface area contributed by atoms with Gasteiger partial charge in [0, 0.05) is 11.8 Å². The molecule has 1 aromatic carbocycles. The van der Waals surface area contributed by atoms with Crippen molar-refractivity contribution >= 4 is 16.9 Å². The maximum atomic E-state index is 11.6. The van der Waals surface area contributed by atoms with Crippen LogP contribution in [0.4, 0.5) is 0 Å². The van der Waals surface area contributed by atoms with Crippen LogP contribution in [0.1, 0.15) is 17.9 Å². The lowest BCUT2D eigenvalue weighted by molar-refractivity contribution is -0.145. The number of aryl methyl sites for hydroxylation is 1. The molecule has 0 spiro atoms. The minimum Gasteiger partial charge on any atom is -0.469 e. The second-order valence-electron chi connectivity index (χ2n) is 4.49. The van der Waals surface area contributed by atoms with Gasteiger partial charge in [-0.15, -0.1) is 0 Å². The normalized spacial score (nSPS) is 10.8. The van der Waals surface area contributed by atoms with Crippen molar-refractivity contribution in [3.8, 4) is 0 Å². The summed E-state index contributed by atoms with van der Waals surface area (Å²) in [7, 11) is 0. The van der Waals surface area contributed by atoms with Crippen molar-refractivity contribution in [1.82, 2.24) is 0 Å². The molecule has 4 heteroatoms. The molecular weight excluding hydrogens is 256 g/mol. The number of esters is 1. The topological polar surface area (TPSA) is 52.6 Å². The highest BCUT2D eigenvalue weighted by atomic mass is 16.5. The zero-order chi connectivity index (χ0) is 13.8. The van der Waals surface area contributed by atoms with Crippen LogP contribution in [0.25, 0.3) is 11.0 Å². The van der Waals surface area contributed by atoms with Gasteiger partial charge in [0.05, 0.1) is 12.7 Å². The summed E-state index contributed by atoms with van der Waals surface area (Å²) in [4.78, 5) is 11.6. The van der Waals surface area contributed by atoms with Gasteiger partial charge in [-0.3, -0.25) is 4.79 Å². The third-order valence-corrected chi connectivity index (χ3v) is 3.01. The predicted molar refractivity (Wildman–Crippen MR) is 73.0 cm³/mol. The molecular formula is C16H14O4. The van der Waals surface area contributed by atoms with Crippen molar-refractivity contribution in [1.29, 1.82) is 0 Å². The summed E-state index contributed by atoms with van der Waals surface area (Å²) in [6.45, 7) is 0.158. The number of carbonyl (C=O) groups excluding carboxylic acids is 1. The quantitative estimate of drug-likeness (QED) is 0.663. The fourth-order valence-electron chi connectivity index (χ4n) is 2.01. The van der Waals surface area contributed by atoms with Crippen molar-refractivity contribution in [2.75, 3.05) is 0 Å². The van der Waals surface area contributed by atoms with Crippen LogP contribution in [0.3, 0.4) is 0 Å². The van der Waals surface area contributed by atoms with Crippen molar-refractivity contribution in [3.63, 3.8) is 0 Å². The van der Waals surface area contributed by atoms with E-state index in [4.69, 9.17) is 13.6 Å². The molecule has 20 heavy (non-hydrogen) atoms. The lowest BCUT2D eigenvalue weighted by Crippen LogP contribution is -2.05. The highest BCUT2D eigenvalue weighted by Gasteiger charge is 2.08. The number of hydrogen-bond donors (Lipinski definition) is 0. The van der Waals surface area contributed by atoms with E-state index in [1.54, 1.807) is 12.3 Å². The molecule has 0 radical (unpaired) electrons. The van der Waals surface area contributed by atoms with Gasteiger partial charge in [0.2, 0.25) is 0 Å². The Morgan fingerprint density at radius 3 is 2.80 bits per heavy atom. The van der Waals surface area contributed by atoms with Gasteiger partial charge in [-0.25, -0.2) is 0 Å². The minimum absolute atomic E-state index is 0.158. The fourth-order valence-corrected chi connectivity index (χ4v) is 2.01. The first-order chi connectivity index (χ1) is 9.81. The molecule has 0 saturated carbocycles. The summed E-state index contributed by atoms with van der Waals surface area (Å²) in [6, 6.07) is 13.2. The zero-order valence-electron chi connectivity index (χ0n) is 10.9. The van der Waals surface area contributed by atoms with Gasteiger partial charge in [0.15, 0.2) is 0 Å². The minimum atomic E-state index is -0.262. The van der Waals surface area contributed by atoms with E-state index in [1.165, 1.54) is 0 Å². The molecule has 0 saturated heterocycles. The van der Waals surface area contributed by atoms with E-state index in [9.17, 15) is 4.79 Å². The molecule has 3 aromatic rings. The number of hydrogen-bond acceptors (Lipinski definition) is 4. The Morgan fingerprint density at radius 1 is 1.10 bits per heavy atom. The third-order valence-electron chi connectivity index (χ3n) is 3.01. The monoisotopic (exact) mass is 270 g/mol. The smallest absolute Gasteiger partial charge is 0.306 e. The standard InChI is InChI=1S/C16H14O4/c17-16(8-7-13-5-3-9-18-13)19-11-14-10-12-4-1-2-6-15(12)20-14/h1-6,9-10H,7-8,11H2. The average molecular weight is 270 g/mol. The molecule has 0 aliphatic heterocycles. The second kappa shape index (κ2) is 5.65. The first kappa shape index (κ1) is 12.5. The molecule has 0 aliphatic rings. The van der Waals surface area contributed by atoms with Gasteiger partial charge in [0.25, 0.3) is 0 Å². The molecule has 0 atom stereocenters.